The zero-order valence-corrected chi connectivity index (χ0v) is 30.5. The van der Waals surface area contributed by atoms with Gasteiger partial charge in [0.1, 0.15) is 0 Å². The van der Waals surface area contributed by atoms with Gasteiger partial charge in [0.2, 0.25) is 0 Å². The van der Waals surface area contributed by atoms with E-state index in [-0.39, 0.29) is 38.8 Å². The third kappa shape index (κ3) is 7.07. The quantitative estimate of drug-likeness (QED) is 0.130. The molecule has 0 saturated carbocycles. The van der Waals surface area contributed by atoms with Crippen molar-refractivity contribution in [1.29, 1.82) is 0 Å². The molecular weight excluding hydrogens is 792 g/mol. The average Bonchev–Trinajstić information content (AvgIpc) is 3.49. The van der Waals surface area contributed by atoms with E-state index in [4.69, 9.17) is 5.48 Å². The van der Waals surface area contributed by atoms with Crippen LogP contribution in [-0.4, -0.2) is 18.0 Å². The number of pyridine rings is 2. The largest absolute Gasteiger partial charge is 0.305 e. The fraction of sp³-hybridized carbons (Fsp3) is 0.171. The van der Waals surface area contributed by atoms with Crippen LogP contribution >= 0.6 is 11.3 Å². The third-order valence-electron chi connectivity index (χ3n) is 8.14. The number of aryl methyl sites for hydroxylation is 1. The maximum Gasteiger partial charge on any atom is 0.0795 e. The van der Waals surface area contributed by atoms with Crippen LogP contribution in [0.4, 0.5) is 4.39 Å². The number of thiophene rings is 1. The van der Waals surface area contributed by atoms with Crippen molar-refractivity contribution in [1.82, 2.24) is 9.97 Å². The van der Waals surface area contributed by atoms with E-state index in [9.17, 15) is 4.39 Å². The molecule has 0 unspecified atom stereocenters. The molecule has 3 heterocycles. The number of benzene rings is 4. The SMILES string of the molecule is C[Si](C)(C)c1ccc(-c2[c-]ccc(F)c2)nc1.[2H]C1([2H])CCC([2H])([2H])c2c1ccnc2-c1[c-]ccc2c1sc1cc(-c3ccccc3)ccc12.[Ir]. The van der Waals surface area contributed by atoms with E-state index in [2.05, 4.69) is 78.1 Å². The smallest absolute Gasteiger partial charge is 0.0795 e. The van der Waals surface area contributed by atoms with E-state index in [1.165, 1.54) is 17.3 Å². The minimum absolute atomic E-state index is 0. The second-order valence-electron chi connectivity index (χ2n) is 12.3. The summed E-state index contributed by atoms with van der Waals surface area (Å²) in [5.74, 6) is -0.255. The molecule has 3 aromatic heterocycles. The molecule has 6 heteroatoms. The van der Waals surface area contributed by atoms with Crippen molar-refractivity contribution in [3.05, 3.63) is 139 Å². The zero-order valence-electron chi connectivity index (χ0n) is 30.3. The third-order valence-corrected chi connectivity index (χ3v) is 11.4. The van der Waals surface area contributed by atoms with Crippen LogP contribution in [0.15, 0.2) is 109 Å². The average molecular weight is 831 g/mol. The number of hydrogen-bond donors (Lipinski definition) is 0. The van der Waals surface area contributed by atoms with Crippen LogP contribution in [-0.2, 0) is 32.9 Å². The number of fused-ring (bicyclic) bond motifs is 4. The molecule has 1 aliphatic rings. The Morgan fingerprint density at radius 3 is 2.38 bits per heavy atom. The molecule has 0 bridgehead atoms. The van der Waals surface area contributed by atoms with Gasteiger partial charge in [-0.2, -0.15) is 11.3 Å². The number of halogens is 1. The van der Waals surface area contributed by atoms with Gasteiger partial charge in [-0.3, -0.25) is 0 Å². The Hall–Kier alpha value is -3.80. The molecule has 0 aliphatic heterocycles. The molecule has 47 heavy (non-hydrogen) atoms. The van der Waals surface area contributed by atoms with Crippen LogP contribution in [0.3, 0.4) is 0 Å². The molecule has 4 aromatic carbocycles. The fourth-order valence-corrected chi connectivity index (χ4v) is 7.95. The molecule has 0 fully saturated rings. The molecule has 237 valence electrons. The maximum absolute atomic E-state index is 13.1. The van der Waals surface area contributed by atoms with Crippen LogP contribution in [0.25, 0.3) is 53.8 Å². The summed E-state index contributed by atoms with van der Waals surface area (Å²) in [7, 11) is -1.31. The minimum Gasteiger partial charge on any atom is -0.305 e. The van der Waals surface area contributed by atoms with Gasteiger partial charge in [-0.1, -0.05) is 90.8 Å². The predicted molar refractivity (Wildman–Crippen MR) is 195 cm³/mol. The first-order chi connectivity index (χ1) is 23.8. The number of rotatable bonds is 4. The number of aromatic nitrogens is 2. The van der Waals surface area contributed by atoms with Gasteiger partial charge in [-0.25, -0.2) is 4.39 Å². The van der Waals surface area contributed by atoms with Crippen molar-refractivity contribution in [3.8, 4) is 33.6 Å². The predicted octanol–water partition coefficient (Wildman–Crippen LogP) is 10.7. The van der Waals surface area contributed by atoms with Crippen molar-refractivity contribution in [3.63, 3.8) is 0 Å². The fourth-order valence-electron chi connectivity index (χ4n) is 5.67. The first-order valence-corrected chi connectivity index (χ1v) is 19.7. The molecule has 1 radical (unpaired) electrons. The molecular formula is C41H35FIrN2SSi-2. The summed E-state index contributed by atoms with van der Waals surface area (Å²) >= 11 is 1.66. The van der Waals surface area contributed by atoms with E-state index < -0.39 is 20.8 Å². The second-order valence-corrected chi connectivity index (χ2v) is 18.4. The Morgan fingerprint density at radius 2 is 1.62 bits per heavy atom. The Morgan fingerprint density at radius 1 is 0.809 bits per heavy atom. The summed E-state index contributed by atoms with van der Waals surface area (Å²) < 4.78 is 49.5. The summed E-state index contributed by atoms with van der Waals surface area (Å²) in [6.45, 7) is 6.83. The van der Waals surface area contributed by atoms with E-state index in [1.54, 1.807) is 29.7 Å². The molecule has 7 aromatic rings. The molecule has 0 saturated heterocycles. The van der Waals surface area contributed by atoms with E-state index in [1.807, 2.05) is 42.6 Å². The van der Waals surface area contributed by atoms with E-state index in [0.29, 0.717) is 22.4 Å². The van der Waals surface area contributed by atoms with Gasteiger partial charge in [-0.05, 0) is 75.5 Å². The normalized spacial score (nSPS) is 16.0. The number of nitrogens with zero attached hydrogens (tertiary/aromatic N) is 2. The summed E-state index contributed by atoms with van der Waals surface area (Å²) in [6.07, 6.45) is 0.584. The van der Waals surface area contributed by atoms with E-state index in [0.717, 1.165) is 42.6 Å². The zero-order chi connectivity index (χ0) is 35.3. The summed E-state index contributed by atoms with van der Waals surface area (Å²) in [6, 6.07) is 37.1. The van der Waals surface area contributed by atoms with Gasteiger partial charge in [0.15, 0.2) is 0 Å². The second kappa shape index (κ2) is 14.1. The molecule has 1 aliphatic carbocycles. The summed E-state index contributed by atoms with van der Waals surface area (Å²) in [5, 5.41) is 3.54. The number of hydrogen-bond acceptors (Lipinski definition) is 3. The van der Waals surface area contributed by atoms with Crippen LogP contribution in [0.2, 0.25) is 19.6 Å². The topological polar surface area (TPSA) is 25.8 Å². The van der Waals surface area contributed by atoms with Crippen LogP contribution in [0.1, 0.15) is 29.5 Å². The van der Waals surface area contributed by atoms with Crippen molar-refractivity contribution in [2.75, 3.05) is 0 Å². The molecule has 0 atom stereocenters. The van der Waals surface area contributed by atoms with Crippen molar-refractivity contribution >= 4 is 44.8 Å². The molecule has 2 nitrogen and oxygen atoms in total. The Balaban J connectivity index is 0.000000211. The molecule has 0 N–H and O–H groups in total. The first-order valence-electron chi connectivity index (χ1n) is 17.4. The van der Waals surface area contributed by atoms with Crippen LogP contribution in [0.5, 0.6) is 0 Å². The molecule has 8 rings (SSSR count). The monoisotopic (exact) mass is 831 g/mol. The minimum atomic E-state index is -1.64. The molecule has 0 spiro atoms. The van der Waals surface area contributed by atoms with Crippen molar-refractivity contribution in [2.45, 2.75) is 45.2 Å². The van der Waals surface area contributed by atoms with Crippen molar-refractivity contribution < 1.29 is 30.0 Å². The van der Waals surface area contributed by atoms with Gasteiger partial charge in [0, 0.05) is 48.5 Å². The summed E-state index contributed by atoms with van der Waals surface area (Å²) in [5.41, 5.74) is 5.81. The molecule has 0 amide bonds. The maximum atomic E-state index is 13.1. The van der Waals surface area contributed by atoms with Gasteiger partial charge in [0.05, 0.1) is 8.07 Å². The van der Waals surface area contributed by atoms with Gasteiger partial charge < -0.3 is 9.97 Å². The van der Waals surface area contributed by atoms with Gasteiger partial charge >= 0.3 is 0 Å². The standard InChI is InChI=1S/C27H20NS.C14H15FNSi.Ir/c1-2-7-18(8-3-1)20-13-14-22-23-11-6-12-24(27(23)29-25(22)17-20)26-21-10-5-4-9-19(21)15-16-28-26;1-17(2,3)13-7-8-14(16-10-13)11-5-4-6-12(15)9-11;/h1-3,6-8,11,13-17H,4-5,9-10H2;4,6-10H,1-3H3;/q2*-1;/i9D2,10D2;;. The summed E-state index contributed by atoms with van der Waals surface area (Å²) in [4.78, 5) is 8.97. The van der Waals surface area contributed by atoms with Gasteiger partial charge in [0.25, 0.3) is 0 Å². The van der Waals surface area contributed by atoms with Crippen LogP contribution < -0.4 is 5.19 Å². The first kappa shape index (κ1) is 28.2. The Bertz CT molecular complexity index is 2340. The Kier molecular flexibility index (Phi) is 8.49. The Labute approximate surface area is 300 Å². The van der Waals surface area contributed by atoms with Crippen LogP contribution in [0, 0.1) is 17.9 Å². The van der Waals surface area contributed by atoms with E-state index >= 15 is 0 Å². The van der Waals surface area contributed by atoms with Crippen molar-refractivity contribution in [2.24, 2.45) is 0 Å². The van der Waals surface area contributed by atoms with Gasteiger partial charge in [-0.15, -0.1) is 53.6 Å².